The number of hydrogen-bond donors (Lipinski definition) is 4. The number of benzene rings is 2. The number of carboxylic acid groups (broad SMARTS) is 2. The summed E-state index contributed by atoms with van der Waals surface area (Å²) in [5, 5.41) is 29.0. The van der Waals surface area contributed by atoms with Crippen molar-refractivity contribution in [3.63, 3.8) is 0 Å². The lowest BCUT2D eigenvalue weighted by Crippen LogP contribution is -2.57. The monoisotopic (exact) mass is 857 g/mol. The van der Waals surface area contributed by atoms with Gasteiger partial charge in [0.1, 0.15) is 16.9 Å². The molecule has 2 heterocycles. The second-order valence-electron chi connectivity index (χ2n) is 21.0. The molecule has 0 atom stereocenters. The Balaban J connectivity index is 2.17. The number of aliphatic carboxylic acids is 2. The molecule has 0 aliphatic carbocycles. The standard InChI is InChI=1S/C52H76N2O8/c1-15-38-40(34-28-48(7,8)53-49(9,10)29-34)24-36(61-45(57)32(3)4)26-42(38)52(47(59)60,23-21-19-17-18-20-22-44(55)56)43-27-37(62-46(58)33(5)6)25-41(39(43)16-2)35-30-50(11,12)54-51(13,14)31-35/h24-27,34-35,53-54H,3,5,15-23,28-31H2,1-2,4,6-14H3,(H,55,56)(H,59,60). The molecule has 2 aromatic carbocycles. The Morgan fingerprint density at radius 3 is 1.31 bits per heavy atom. The van der Waals surface area contributed by atoms with E-state index < -0.39 is 29.3 Å². The molecule has 0 saturated carbocycles. The van der Waals surface area contributed by atoms with Crippen LogP contribution in [0.4, 0.5) is 0 Å². The van der Waals surface area contributed by atoms with E-state index in [4.69, 9.17) is 9.47 Å². The summed E-state index contributed by atoms with van der Waals surface area (Å²) in [5.41, 5.74) is 2.64. The number of carbonyl (C=O) groups excluding carboxylic acids is 2. The summed E-state index contributed by atoms with van der Waals surface area (Å²) in [7, 11) is 0. The van der Waals surface area contributed by atoms with Gasteiger partial charge in [-0.15, -0.1) is 0 Å². The number of esters is 2. The molecular formula is C52H76N2O8. The SMILES string of the molecule is C=C(C)C(=O)Oc1cc(C2CC(C)(C)NC(C)(C)C2)c(CC)c(C(CCCCCCCC(=O)O)(C(=O)O)c2cc(OC(=O)C(=C)C)cc(C3CC(C)(C)NC(C)(C)C3)c2CC)c1. The number of rotatable bonds is 19. The minimum Gasteiger partial charge on any atom is -0.481 e. The van der Waals surface area contributed by atoms with Crippen LogP contribution in [0.2, 0.25) is 0 Å². The zero-order chi connectivity index (χ0) is 46.6. The zero-order valence-corrected chi connectivity index (χ0v) is 39.9. The van der Waals surface area contributed by atoms with Gasteiger partial charge in [0.15, 0.2) is 0 Å². The van der Waals surface area contributed by atoms with Gasteiger partial charge in [-0.25, -0.2) is 9.59 Å². The molecule has 2 aliphatic rings. The van der Waals surface area contributed by atoms with E-state index in [2.05, 4.69) is 93.0 Å². The summed E-state index contributed by atoms with van der Waals surface area (Å²) >= 11 is 0. The van der Waals surface area contributed by atoms with E-state index in [1.54, 1.807) is 26.0 Å². The van der Waals surface area contributed by atoms with Gasteiger partial charge in [0.25, 0.3) is 0 Å². The average molecular weight is 857 g/mol. The van der Waals surface area contributed by atoms with Crippen molar-refractivity contribution in [2.45, 2.75) is 206 Å². The number of carboxylic acids is 2. The molecule has 2 saturated heterocycles. The zero-order valence-electron chi connectivity index (χ0n) is 39.9. The summed E-state index contributed by atoms with van der Waals surface area (Å²) in [4.78, 5) is 52.9. The summed E-state index contributed by atoms with van der Waals surface area (Å²) in [6, 6.07) is 7.42. The molecule has 0 unspecified atom stereocenters. The van der Waals surface area contributed by atoms with Crippen LogP contribution in [0.3, 0.4) is 0 Å². The smallest absolute Gasteiger partial charge is 0.338 e. The van der Waals surface area contributed by atoms with Gasteiger partial charge in [-0.2, -0.15) is 0 Å². The van der Waals surface area contributed by atoms with Crippen LogP contribution in [0.25, 0.3) is 0 Å². The van der Waals surface area contributed by atoms with Gasteiger partial charge >= 0.3 is 23.9 Å². The minimum atomic E-state index is -1.69. The molecule has 4 N–H and O–H groups in total. The first kappa shape index (κ1) is 50.4. The van der Waals surface area contributed by atoms with Gasteiger partial charge in [-0.1, -0.05) is 52.7 Å². The maximum Gasteiger partial charge on any atom is 0.338 e. The van der Waals surface area contributed by atoms with Crippen molar-refractivity contribution in [3.05, 3.63) is 82.0 Å². The maximum atomic E-state index is 14.9. The molecule has 0 radical (unpaired) electrons. The lowest BCUT2D eigenvalue weighted by atomic mass is 9.63. The summed E-state index contributed by atoms with van der Waals surface area (Å²) in [6.07, 6.45) is 7.61. The third-order valence-electron chi connectivity index (χ3n) is 12.8. The van der Waals surface area contributed by atoms with Crippen LogP contribution in [0.1, 0.15) is 199 Å². The lowest BCUT2D eigenvalue weighted by Gasteiger charge is -2.48. The predicted octanol–water partition coefficient (Wildman–Crippen LogP) is 11.0. The van der Waals surface area contributed by atoms with Crippen molar-refractivity contribution in [3.8, 4) is 11.5 Å². The van der Waals surface area contributed by atoms with E-state index in [1.807, 2.05) is 12.1 Å². The first-order chi connectivity index (χ1) is 28.7. The Bertz CT molecular complexity index is 1890. The third kappa shape index (κ3) is 12.2. The summed E-state index contributed by atoms with van der Waals surface area (Å²) in [5.74, 6) is -2.54. The second-order valence-corrected chi connectivity index (χ2v) is 21.0. The Kier molecular flexibility index (Phi) is 15.9. The Morgan fingerprint density at radius 1 is 0.629 bits per heavy atom. The van der Waals surface area contributed by atoms with Crippen molar-refractivity contribution in [1.29, 1.82) is 0 Å². The van der Waals surface area contributed by atoms with E-state index in [1.165, 1.54) is 0 Å². The fraction of sp³-hybridized carbons (Fsp3) is 0.615. The van der Waals surface area contributed by atoms with E-state index >= 15 is 0 Å². The molecular weight excluding hydrogens is 781 g/mol. The molecule has 0 bridgehead atoms. The quantitative estimate of drug-likeness (QED) is 0.0465. The molecule has 342 valence electrons. The molecule has 4 rings (SSSR count). The van der Waals surface area contributed by atoms with E-state index in [9.17, 15) is 29.4 Å². The Morgan fingerprint density at radius 2 is 0.984 bits per heavy atom. The van der Waals surface area contributed by atoms with Crippen molar-refractivity contribution >= 4 is 23.9 Å². The van der Waals surface area contributed by atoms with Gasteiger partial charge in [-0.05, 0) is 190 Å². The molecule has 62 heavy (non-hydrogen) atoms. The largest absolute Gasteiger partial charge is 0.481 e. The van der Waals surface area contributed by atoms with E-state index in [0.717, 1.165) is 54.4 Å². The number of nitrogens with one attached hydrogen (secondary N) is 2. The van der Waals surface area contributed by atoms with Gasteiger partial charge in [0.2, 0.25) is 0 Å². The van der Waals surface area contributed by atoms with Crippen molar-refractivity contribution < 1.29 is 38.9 Å². The molecule has 0 amide bonds. The number of piperidine rings is 2. The summed E-state index contributed by atoms with van der Waals surface area (Å²) < 4.78 is 12.2. The highest BCUT2D eigenvalue weighted by atomic mass is 16.5. The van der Waals surface area contributed by atoms with Crippen molar-refractivity contribution in [2.24, 2.45) is 0 Å². The highest BCUT2D eigenvalue weighted by Gasteiger charge is 2.48. The molecule has 0 aromatic heterocycles. The van der Waals surface area contributed by atoms with E-state index in [-0.39, 0.29) is 69.5 Å². The van der Waals surface area contributed by atoms with Crippen LogP contribution < -0.4 is 20.1 Å². The van der Waals surface area contributed by atoms with E-state index in [0.29, 0.717) is 49.7 Å². The molecule has 2 aromatic rings. The van der Waals surface area contributed by atoms with Gasteiger partial charge in [-0.3, -0.25) is 9.59 Å². The molecule has 10 nitrogen and oxygen atoms in total. The van der Waals surface area contributed by atoms with Crippen LogP contribution in [0, 0.1) is 0 Å². The lowest BCUT2D eigenvalue weighted by molar-refractivity contribution is -0.142. The number of carbonyl (C=O) groups is 4. The molecule has 2 fully saturated rings. The van der Waals surface area contributed by atoms with Gasteiger partial charge in [0, 0.05) is 39.7 Å². The first-order valence-corrected chi connectivity index (χ1v) is 22.8. The first-order valence-electron chi connectivity index (χ1n) is 22.8. The number of ether oxygens (including phenoxy) is 2. The van der Waals surface area contributed by atoms with Gasteiger partial charge < -0.3 is 30.3 Å². The van der Waals surface area contributed by atoms with Crippen LogP contribution in [0.5, 0.6) is 11.5 Å². The normalized spacial score (nSPS) is 18.5. The fourth-order valence-electron chi connectivity index (χ4n) is 11.2. The molecule has 2 aliphatic heterocycles. The molecule has 0 spiro atoms. The summed E-state index contributed by atoms with van der Waals surface area (Å²) in [6.45, 7) is 32.5. The van der Waals surface area contributed by atoms with Crippen molar-refractivity contribution in [1.82, 2.24) is 10.6 Å². The highest BCUT2D eigenvalue weighted by Crippen LogP contribution is 2.51. The Hall–Kier alpha value is -4.28. The average Bonchev–Trinajstić information content (AvgIpc) is 3.12. The van der Waals surface area contributed by atoms with Gasteiger partial charge in [0.05, 0.1) is 0 Å². The maximum absolute atomic E-state index is 14.9. The molecule has 10 heteroatoms. The topological polar surface area (TPSA) is 151 Å². The fourth-order valence-corrected chi connectivity index (χ4v) is 11.2. The van der Waals surface area contributed by atoms with Crippen LogP contribution in [-0.4, -0.2) is 56.2 Å². The third-order valence-corrected chi connectivity index (χ3v) is 12.8. The minimum absolute atomic E-state index is 0.00224. The van der Waals surface area contributed by atoms with Crippen molar-refractivity contribution in [2.75, 3.05) is 0 Å². The number of hydrogen-bond acceptors (Lipinski definition) is 8. The predicted molar refractivity (Wildman–Crippen MR) is 247 cm³/mol. The number of unbranched alkanes of at least 4 members (excludes halogenated alkanes) is 4. The Labute approximate surface area is 371 Å². The van der Waals surface area contributed by atoms with Crippen LogP contribution in [-0.2, 0) is 37.4 Å². The van der Waals surface area contributed by atoms with Crippen LogP contribution >= 0.6 is 0 Å². The highest BCUT2D eigenvalue weighted by molar-refractivity contribution is 5.91. The van der Waals surface area contributed by atoms with Crippen LogP contribution in [0.15, 0.2) is 48.6 Å². The second kappa shape index (κ2) is 19.6.